The summed E-state index contributed by atoms with van der Waals surface area (Å²) in [6.07, 6.45) is -8.56. The lowest BCUT2D eigenvalue weighted by molar-refractivity contribution is -0.164. The second-order valence-electron chi connectivity index (χ2n) is 3.77. The predicted octanol–water partition coefficient (Wildman–Crippen LogP) is -1.92. The SMILES string of the molecule is O=CN(O)C[C@H](O)[C@H](O)[C@H](O)CC(F)(F)P(=O)(O)O. The van der Waals surface area contributed by atoms with Crippen molar-refractivity contribution in [2.24, 2.45) is 0 Å². The highest BCUT2D eigenvalue weighted by Gasteiger charge is 2.51. The Morgan fingerprint density at radius 2 is 1.68 bits per heavy atom. The van der Waals surface area contributed by atoms with E-state index in [1.54, 1.807) is 0 Å². The van der Waals surface area contributed by atoms with Crippen LogP contribution < -0.4 is 0 Å². The van der Waals surface area contributed by atoms with Gasteiger partial charge >= 0.3 is 13.3 Å². The second kappa shape index (κ2) is 6.66. The van der Waals surface area contributed by atoms with Crippen LogP contribution in [0.3, 0.4) is 0 Å². The number of aliphatic hydroxyl groups is 3. The molecule has 0 spiro atoms. The molecule has 12 heteroatoms. The Hall–Kier alpha value is -0.680. The number of halogens is 2. The van der Waals surface area contributed by atoms with Crippen molar-refractivity contribution in [3.05, 3.63) is 0 Å². The summed E-state index contributed by atoms with van der Waals surface area (Å²) >= 11 is 0. The number of alkyl halides is 2. The topological polar surface area (TPSA) is 159 Å². The Balaban J connectivity index is 4.62. The summed E-state index contributed by atoms with van der Waals surface area (Å²) in [5, 5.41) is 36.1. The van der Waals surface area contributed by atoms with E-state index in [9.17, 15) is 28.4 Å². The van der Waals surface area contributed by atoms with Crippen LogP contribution in [0.25, 0.3) is 0 Å². The zero-order valence-electron chi connectivity index (χ0n) is 9.37. The highest BCUT2D eigenvalue weighted by atomic mass is 31.2. The van der Waals surface area contributed by atoms with E-state index < -0.39 is 44.5 Å². The molecular weight excluding hydrogens is 295 g/mol. The van der Waals surface area contributed by atoms with Gasteiger partial charge in [0.2, 0.25) is 6.41 Å². The molecule has 114 valence electrons. The maximum Gasteiger partial charge on any atom is 0.394 e. The zero-order chi connectivity index (χ0) is 15.4. The number of amides is 1. The van der Waals surface area contributed by atoms with Gasteiger partial charge < -0.3 is 25.1 Å². The van der Waals surface area contributed by atoms with Gasteiger partial charge in [-0.3, -0.25) is 14.6 Å². The third-order valence-corrected chi connectivity index (χ3v) is 3.20. The molecule has 0 aliphatic rings. The summed E-state index contributed by atoms with van der Waals surface area (Å²) in [5.41, 5.74) is -4.59. The molecule has 9 nitrogen and oxygen atoms in total. The Morgan fingerprint density at radius 1 is 1.21 bits per heavy atom. The quantitative estimate of drug-likeness (QED) is 0.131. The number of nitrogens with zero attached hydrogens (tertiary/aromatic N) is 1. The molecule has 0 saturated heterocycles. The van der Waals surface area contributed by atoms with E-state index in [0.717, 1.165) is 0 Å². The Morgan fingerprint density at radius 3 is 2.05 bits per heavy atom. The van der Waals surface area contributed by atoms with Crippen molar-refractivity contribution in [2.75, 3.05) is 6.54 Å². The van der Waals surface area contributed by atoms with Crippen LogP contribution in [0.1, 0.15) is 6.42 Å². The van der Waals surface area contributed by atoms with E-state index in [2.05, 4.69) is 0 Å². The Bertz CT molecular complexity index is 350. The fourth-order valence-electron chi connectivity index (χ4n) is 1.09. The number of aliphatic hydroxyl groups excluding tert-OH is 3. The van der Waals surface area contributed by atoms with Gasteiger partial charge in [0.25, 0.3) is 0 Å². The average Bonchev–Trinajstić information content (AvgIpc) is 2.25. The minimum atomic E-state index is -5.83. The first-order valence-corrected chi connectivity index (χ1v) is 6.42. The molecule has 0 bridgehead atoms. The molecule has 0 aromatic rings. The van der Waals surface area contributed by atoms with Gasteiger partial charge in [-0.15, -0.1) is 0 Å². The van der Waals surface area contributed by atoms with Crippen molar-refractivity contribution >= 4 is 14.0 Å². The molecule has 0 aromatic carbocycles. The largest absolute Gasteiger partial charge is 0.394 e. The number of hydrogen-bond acceptors (Lipinski definition) is 6. The fraction of sp³-hybridized carbons (Fsp3) is 0.857. The normalized spacial score (nSPS) is 17.7. The monoisotopic (exact) mass is 309 g/mol. The van der Waals surface area contributed by atoms with E-state index in [0.29, 0.717) is 0 Å². The fourth-order valence-corrected chi connectivity index (χ4v) is 1.52. The molecule has 0 saturated carbocycles. The van der Waals surface area contributed by atoms with E-state index in [1.165, 1.54) is 0 Å². The van der Waals surface area contributed by atoms with Crippen LogP contribution in [0.4, 0.5) is 8.78 Å². The van der Waals surface area contributed by atoms with Gasteiger partial charge in [-0.1, -0.05) is 0 Å². The lowest BCUT2D eigenvalue weighted by Gasteiger charge is -2.27. The summed E-state index contributed by atoms with van der Waals surface area (Å²) in [7, 11) is -5.83. The highest BCUT2D eigenvalue weighted by molar-refractivity contribution is 7.53. The lowest BCUT2D eigenvalue weighted by atomic mass is 10.1. The van der Waals surface area contributed by atoms with Crippen molar-refractivity contribution in [2.45, 2.75) is 30.4 Å². The minimum absolute atomic E-state index is 0.109. The third-order valence-electron chi connectivity index (χ3n) is 2.17. The molecule has 6 N–H and O–H groups in total. The maximum absolute atomic E-state index is 12.9. The number of hydrogen-bond donors (Lipinski definition) is 6. The summed E-state index contributed by atoms with van der Waals surface area (Å²) in [4.78, 5) is 26.6. The van der Waals surface area contributed by atoms with Gasteiger partial charge in [0.05, 0.1) is 19.1 Å². The Kier molecular flexibility index (Phi) is 6.42. The van der Waals surface area contributed by atoms with E-state index in [1.807, 2.05) is 0 Å². The number of carbonyl (C=O) groups is 1. The number of hydroxylamine groups is 2. The summed E-state index contributed by atoms with van der Waals surface area (Å²) in [6.45, 7) is -0.886. The molecule has 0 fully saturated rings. The second-order valence-corrected chi connectivity index (χ2v) is 5.51. The first-order valence-electron chi connectivity index (χ1n) is 4.81. The van der Waals surface area contributed by atoms with Crippen LogP contribution in [-0.2, 0) is 9.36 Å². The van der Waals surface area contributed by atoms with E-state index in [4.69, 9.17) is 20.1 Å². The first-order chi connectivity index (χ1) is 8.42. The number of carbonyl (C=O) groups excluding carboxylic acids is 1. The van der Waals surface area contributed by atoms with Crippen LogP contribution >= 0.6 is 7.60 Å². The zero-order valence-corrected chi connectivity index (χ0v) is 10.3. The highest BCUT2D eigenvalue weighted by Crippen LogP contribution is 2.55. The van der Waals surface area contributed by atoms with Gasteiger partial charge in [0, 0.05) is 0 Å². The van der Waals surface area contributed by atoms with Gasteiger partial charge in [0.1, 0.15) is 12.2 Å². The van der Waals surface area contributed by atoms with Gasteiger partial charge in [0.15, 0.2) is 0 Å². The van der Waals surface area contributed by atoms with Crippen molar-refractivity contribution in [1.82, 2.24) is 5.06 Å². The molecule has 19 heavy (non-hydrogen) atoms. The lowest BCUT2D eigenvalue weighted by Crippen LogP contribution is -2.45. The van der Waals surface area contributed by atoms with E-state index in [-0.39, 0.29) is 11.5 Å². The van der Waals surface area contributed by atoms with Crippen LogP contribution in [-0.4, -0.2) is 72.3 Å². The van der Waals surface area contributed by atoms with Crippen LogP contribution in [0, 0.1) is 0 Å². The van der Waals surface area contributed by atoms with Gasteiger partial charge in [-0.2, -0.15) is 8.78 Å². The minimum Gasteiger partial charge on any atom is -0.390 e. The Labute approximate surface area is 105 Å². The molecule has 0 aliphatic heterocycles. The van der Waals surface area contributed by atoms with Crippen LogP contribution in [0.15, 0.2) is 0 Å². The van der Waals surface area contributed by atoms with Crippen LogP contribution in [0.5, 0.6) is 0 Å². The molecular formula is C7H14F2NO8P. The summed E-state index contributed by atoms with van der Waals surface area (Å²) < 4.78 is 36.2. The van der Waals surface area contributed by atoms with Gasteiger partial charge in [-0.05, 0) is 0 Å². The summed E-state index contributed by atoms with van der Waals surface area (Å²) in [6, 6.07) is 0. The number of rotatable bonds is 8. The van der Waals surface area contributed by atoms with Crippen molar-refractivity contribution in [1.29, 1.82) is 0 Å². The molecule has 0 aromatic heterocycles. The average molecular weight is 309 g/mol. The predicted molar refractivity (Wildman–Crippen MR) is 54.2 cm³/mol. The molecule has 3 atom stereocenters. The van der Waals surface area contributed by atoms with Gasteiger partial charge in [-0.25, -0.2) is 5.06 Å². The van der Waals surface area contributed by atoms with Crippen molar-refractivity contribution in [3.63, 3.8) is 0 Å². The molecule has 1 amide bonds. The smallest absolute Gasteiger partial charge is 0.390 e. The molecule has 0 unspecified atom stereocenters. The van der Waals surface area contributed by atoms with Crippen molar-refractivity contribution < 1.29 is 48.5 Å². The van der Waals surface area contributed by atoms with E-state index >= 15 is 0 Å². The first kappa shape index (κ1) is 18.3. The standard InChI is InChI=1S/C7H14F2NO8P/c8-7(9,19(16,17)18)1-4(12)6(14)5(13)2-10(15)3-11/h3-6,12-15H,1-2H2,(H2,16,17,18)/t4-,5+,6-/m1/s1. The molecule has 0 radical (unpaired) electrons. The van der Waals surface area contributed by atoms with Crippen LogP contribution in [0.2, 0.25) is 0 Å². The molecule has 0 rings (SSSR count). The third kappa shape index (κ3) is 5.45. The molecule has 0 heterocycles. The van der Waals surface area contributed by atoms with Crippen molar-refractivity contribution in [3.8, 4) is 0 Å². The summed E-state index contributed by atoms with van der Waals surface area (Å²) in [5.74, 6) is 0. The maximum atomic E-state index is 12.9. The molecule has 0 aliphatic carbocycles.